The molecule has 2 nitrogen and oxygen atoms in total. The standard InChI is InChI=1S/C11H15NOS/c1-8-6-9(12)2-3-11(8)14-10-4-5-13-7-10/h2-3,6,10H,4-5,7,12H2,1H3. The van der Waals surface area contributed by atoms with Crippen molar-refractivity contribution in [3.05, 3.63) is 23.8 Å². The average molecular weight is 209 g/mol. The third-order valence-corrected chi connectivity index (χ3v) is 3.80. The summed E-state index contributed by atoms with van der Waals surface area (Å²) in [5, 5.41) is 0.623. The predicted molar refractivity (Wildman–Crippen MR) is 60.7 cm³/mol. The zero-order valence-corrected chi connectivity index (χ0v) is 9.14. The van der Waals surface area contributed by atoms with Gasteiger partial charge in [0.15, 0.2) is 0 Å². The van der Waals surface area contributed by atoms with Crippen molar-refractivity contribution in [2.45, 2.75) is 23.5 Å². The number of thioether (sulfide) groups is 1. The minimum atomic E-state index is 0.623. The van der Waals surface area contributed by atoms with Crippen molar-refractivity contribution in [1.82, 2.24) is 0 Å². The van der Waals surface area contributed by atoms with Crippen LogP contribution in [0.3, 0.4) is 0 Å². The molecule has 0 saturated carbocycles. The number of anilines is 1. The van der Waals surface area contributed by atoms with Gasteiger partial charge in [-0.15, -0.1) is 11.8 Å². The number of rotatable bonds is 2. The summed E-state index contributed by atoms with van der Waals surface area (Å²) in [5.41, 5.74) is 7.81. The van der Waals surface area contributed by atoms with Crippen LogP contribution in [-0.4, -0.2) is 18.5 Å². The number of nitrogens with two attached hydrogens (primary N) is 1. The molecule has 0 radical (unpaired) electrons. The van der Waals surface area contributed by atoms with Crippen LogP contribution in [0.4, 0.5) is 5.69 Å². The quantitative estimate of drug-likeness (QED) is 0.760. The van der Waals surface area contributed by atoms with Crippen molar-refractivity contribution >= 4 is 17.4 Å². The van der Waals surface area contributed by atoms with Gasteiger partial charge < -0.3 is 10.5 Å². The molecule has 2 rings (SSSR count). The summed E-state index contributed by atoms with van der Waals surface area (Å²) >= 11 is 1.91. The first-order valence-electron chi connectivity index (χ1n) is 4.86. The van der Waals surface area contributed by atoms with Crippen molar-refractivity contribution in [2.24, 2.45) is 0 Å². The lowest BCUT2D eigenvalue weighted by Gasteiger charge is -2.10. The van der Waals surface area contributed by atoms with Gasteiger partial charge in [0.05, 0.1) is 6.61 Å². The van der Waals surface area contributed by atoms with Gasteiger partial charge in [0.25, 0.3) is 0 Å². The lowest BCUT2D eigenvalue weighted by atomic mass is 10.2. The minimum Gasteiger partial charge on any atom is -0.399 e. The summed E-state index contributed by atoms with van der Waals surface area (Å²) in [6.07, 6.45) is 1.16. The van der Waals surface area contributed by atoms with Crippen LogP contribution in [0.5, 0.6) is 0 Å². The Morgan fingerprint density at radius 1 is 1.50 bits per heavy atom. The van der Waals surface area contributed by atoms with Crippen molar-refractivity contribution < 1.29 is 4.74 Å². The third kappa shape index (κ3) is 2.22. The zero-order chi connectivity index (χ0) is 9.97. The monoisotopic (exact) mass is 209 g/mol. The van der Waals surface area contributed by atoms with Gasteiger partial charge in [-0.3, -0.25) is 0 Å². The summed E-state index contributed by atoms with van der Waals surface area (Å²) in [5.74, 6) is 0. The van der Waals surface area contributed by atoms with Crippen LogP contribution in [0.2, 0.25) is 0 Å². The maximum atomic E-state index is 5.70. The van der Waals surface area contributed by atoms with Gasteiger partial charge in [0.2, 0.25) is 0 Å². The summed E-state index contributed by atoms with van der Waals surface area (Å²) in [7, 11) is 0. The van der Waals surface area contributed by atoms with Gasteiger partial charge in [-0.05, 0) is 37.1 Å². The van der Waals surface area contributed by atoms with E-state index in [1.54, 1.807) is 0 Å². The second-order valence-electron chi connectivity index (χ2n) is 3.63. The molecule has 3 heteroatoms. The first-order chi connectivity index (χ1) is 6.75. The fourth-order valence-electron chi connectivity index (χ4n) is 1.59. The molecule has 76 valence electrons. The Morgan fingerprint density at radius 3 is 3.00 bits per heavy atom. The largest absolute Gasteiger partial charge is 0.399 e. The molecular weight excluding hydrogens is 194 g/mol. The highest BCUT2D eigenvalue weighted by atomic mass is 32.2. The Kier molecular flexibility index (Phi) is 2.99. The summed E-state index contributed by atoms with van der Waals surface area (Å²) < 4.78 is 5.35. The number of aryl methyl sites for hydroxylation is 1. The number of benzene rings is 1. The van der Waals surface area contributed by atoms with Crippen LogP contribution in [-0.2, 0) is 4.74 Å². The normalized spacial score (nSPS) is 21.4. The number of hydrogen-bond donors (Lipinski definition) is 1. The van der Waals surface area contributed by atoms with Gasteiger partial charge in [0.1, 0.15) is 0 Å². The highest BCUT2D eigenvalue weighted by Gasteiger charge is 2.17. The third-order valence-electron chi connectivity index (χ3n) is 2.38. The van der Waals surface area contributed by atoms with Crippen LogP contribution in [0.15, 0.2) is 23.1 Å². The van der Waals surface area contributed by atoms with E-state index in [-0.39, 0.29) is 0 Å². The molecule has 0 aromatic heterocycles. The molecule has 1 aromatic rings. The molecule has 0 bridgehead atoms. The highest BCUT2D eigenvalue weighted by molar-refractivity contribution is 8.00. The Hall–Kier alpha value is -0.670. The van der Waals surface area contributed by atoms with Gasteiger partial charge in [-0.2, -0.15) is 0 Å². The van der Waals surface area contributed by atoms with Crippen LogP contribution in [0.25, 0.3) is 0 Å². The van der Waals surface area contributed by atoms with E-state index in [1.807, 2.05) is 23.9 Å². The Morgan fingerprint density at radius 2 is 2.36 bits per heavy atom. The summed E-state index contributed by atoms with van der Waals surface area (Å²) in [6, 6.07) is 6.09. The molecule has 1 fully saturated rings. The van der Waals surface area contributed by atoms with Crippen LogP contribution < -0.4 is 5.73 Å². The van der Waals surface area contributed by atoms with Gasteiger partial charge in [0, 0.05) is 22.4 Å². The lowest BCUT2D eigenvalue weighted by Crippen LogP contribution is -2.00. The van der Waals surface area contributed by atoms with E-state index in [0.29, 0.717) is 5.25 Å². The molecule has 14 heavy (non-hydrogen) atoms. The topological polar surface area (TPSA) is 35.2 Å². The van der Waals surface area contributed by atoms with Gasteiger partial charge in [-0.25, -0.2) is 0 Å². The zero-order valence-electron chi connectivity index (χ0n) is 8.32. The van der Waals surface area contributed by atoms with E-state index in [4.69, 9.17) is 10.5 Å². The average Bonchev–Trinajstić information content (AvgIpc) is 2.62. The molecule has 1 aliphatic rings. The molecule has 0 aliphatic carbocycles. The van der Waals surface area contributed by atoms with Crippen molar-refractivity contribution in [3.63, 3.8) is 0 Å². The molecule has 1 atom stereocenters. The van der Waals surface area contributed by atoms with E-state index in [9.17, 15) is 0 Å². The molecule has 0 amide bonds. The van der Waals surface area contributed by atoms with Gasteiger partial charge >= 0.3 is 0 Å². The van der Waals surface area contributed by atoms with E-state index in [1.165, 1.54) is 10.5 Å². The maximum absolute atomic E-state index is 5.70. The number of nitrogen functional groups attached to an aromatic ring is 1. The smallest absolute Gasteiger partial charge is 0.0589 e. The van der Waals surface area contributed by atoms with E-state index < -0.39 is 0 Å². The number of ether oxygens (including phenoxy) is 1. The second-order valence-corrected chi connectivity index (χ2v) is 4.97. The van der Waals surface area contributed by atoms with E-state index >= 15 is 0 Å². The molecule has 0 spiro atoms. The molecule has 2 N–H and O–H groups in total. The fraction of sp³-hybridized carbons (Fsp3) is 0.455. The minimum absolute atomic E-state index is 0.623. The van der Waals surface area contributed by atoms with E-state index in [0.717, 1.165) is 25.3 Å². The molecule has 1 aromatic carbocycles. The molecule has 1 aliphatic heterocycles. The highest BCUT2D eigenvalue weighted by Crippen LogP contribution is 2.31. The Balaban J connectivity index is 2.08. The van der Waals surface area contributed by atoms with Crippen molar-refractivity contribution in [3.8, 4) is 0 Å². The van der Waals surface area contributed by atoms with Crippen LogP contribution in [0, 0.1) is 6.92 Å². The molecular formula is C11H15NOS. The molecule has 1 unspecified atom stereocenters. The lowest BCUT2D eigenvalue weighted by molar-refractivity contribution is 0.199. The molecule has 1 saturated heterocycles. The van der Waals surface area contributed by atoms with Crippen molar-refractivity contribution in [2.75, 3.05) is 18.9 Å². The fourth-order valence-corrected chi connectivity index (χ4v) is 2.72. The predicted octanol–water partition coefficient (Wildman–Crippen LogP) is 2.46. The maximum Gasteiger partial charge on any atom is 0.0589 e. The first kappa shape index (κ1) is 9.87. The summed E-state index contributed by atoms with van der Waals surface area (Å²) in [6.45, 7) is 3.90. The molecule has 1 heterocycles. The van der Waals surface area contributed by atoms with Crippen LogP contribution >= 0.6 is 11.8 Å². The van der Waals surface area contributed by atoms with E-state index in [2.05, 4.69) is 13.0 Å². The van der Waals surface area contributed by atoms with Crippen LogP contribution in [0.1, 0.15) is 12.0 Å². The first-order valence-corrected chi connectivity index (χ1v) is 5.74. The SMILES string of the molecule is Cc1cc(N)ccc1SC1CCOC1. The second kappa shape index (κ2) is 4.24. The summed E-state index contributed by atoms with van der Waals surface area (Å²) in [4.78, 5) is 1.33. The van der Waals surface area contributed by atoms with Crippen molar-refractivity contribution in [1.29, 1.82) is 0 Å². The Labute approximate surface area is 88.8 Å². The van der Waals surface area contributed by atoms with Gasteiger partial charge in [-0.1, -0.05) is 0 Å². The Bertz CT molecular complexity index is 321. The number of hydrogen-bond acceptors (Lipinski definition) is 3.